The Balaban J connectivity index is 1.85. The molecule has 0 aliphatic heterocycles. The van der Waals surface area contributed by atoms with E-state index >= 15 is 0 Å². The molecule has 0 heterocycles. The number of hydrogen-bond acceptors (Lipinski definition) is 1. The topological polar surface area (TPSA) is 3.24 Å². The fourth-order valence-electron chi connectivity index (χ4n) is 2.56. The van der Waals surface area contributed by atoms with Crippen LogP contribution in [0.1, 0.15) is 16.7 Å². The SMILES string of the molecule is Cc1ccc2ccc(C=Cc3ccc(N(C)C)cc3)cc2c1. The molecule has 0 aliphatic carbocycles. The molecule has 0 radical (unpaired) electrons. The first-order valence-corrected chi connectivity index (χ1v) is 7.58. The Morgan fingerprint density at radius 2 is 1.32 bits per heavy atom. The molecule has 0 N–H and O–H groups in total. The van der Waals surface area contributed by atoms with Crippen molar-refractivity contribution in [3.05, 3.63) is 77.4 Å². The van der Waals surface area contributed by atoms with Gasteiger partial charge in [-0.05, 0) is 47.0 Å². The summed E-state index contributed by atoms with van der Waals surface area (Å²) < 4.78 is 0. The van der Waals surface area contributed by atoms with Gasteiger partial charge < -0.3 is 4.90 Å². The molecule has 1 nitrogen and oxygen atoms in total. The summed E-state index contributed by atoms with van der Waals surface area (Å²) in [5.41, 5.74) is 4.97. The first kappa shape index (κ1) is 14.4. The molecular formula is C21H21N. The molecule has 0 aliphatic rings. The first-order chi connectivity index (χ1) is 10.6. The van der Waals surface area contributed by atoms with Crippen LogP contribution in [0.5, 0.6) is 0 Å². The summed E-state index contributed by atoms with van der Waals surface area (Å²) in [6.45, 7) is 2.13. The fourth-order valence-corrected chi connectivity index (χ4v) is 2.56. The van der Waals surface area contributed by atoms with Crippen LogP contribution in [0.25, 0.3) is 22.9 Å². The van der Waals surface area contributed by atoms with Crippen LogP contribution in [0.2, 0.25) is 0 Å². The maximum Gasteiger partial charge on any atom is 0.0361 e. The van der Waals surface area contributed by atoms with Crippen molar-refractivity contribution in [2.45, 2.75) is 6.92 Å². The summed E-state index contributed by atoms with van der Waals surface area (Å²) >= 11 is 0. The van der Waals surface area contributed by atoms with Crippen molar-refractivity contribution >= 4 is 28.6 Å². The van der Waals surface area contributed by atoms with E-state index in [0.29, 0.717) is 0 Å². The van der Waals surface area contributed by atoms with E-state index in [1.54, 1.807) is 0 Å². The molecule has 22 heavy (non-hydrogen) atoms. The smallest absolute Gasteiger partial charge is 0.0361 e. The van der Waals surface area contributed by atoms with E-state index < -0.39 is 0 Å². The lowest BCUT2D eigenvalue weighted by Gasteiger charge is -2.11. The Labute approximate surface area is 132 Å². The maximum atomic E-state index is 2.24. The highest BCUT2D eigenvalue weighted by Crippen LogP contribution is 2.20. The molecule has 3 rings (SSSR count). The second-order valence-corrected chi connectivity index (χ2v) is 5.93. The van der Waals surface area contributed by atoms with Gasteiger partial charge in [-0.25, -0.2) is 0 Å². The van der Waals surface area contributed by atoms with E-state index in [-0.39, 0.29) is 0 Å². The Morgan fingerprint density at radius 3 is 2.05 bits per heavy atom. The number of fused-ring (bicyclic) bond motifs is 1. The average molecular weight is 287 g/mol. The summed E-state index contributed by atoms with van der Waals surface area (Å²) in [5, 5.41) is 2.59. The van der Waals surface area contributed by atoms with Gasteiger partial charge in [0, 0.05) is 19.8 Å². The highest BCUT2D eigenvalue weighted by molar-refractivity contribution is 5.86. The van der Waals surface area contributed by atoms with Crippen LogP contribution in [-0.2, 0) is 0 Å². The molecule has 3 aromatic rings. The minimum absolute atomic E-state index is 1.22. The lowest BCUT2D eigenvalue weighted by molar-refractivity contribution is 1.13. The summed E-state index contributed by atoms with van der Waals surface area (Å²) in [6, 6.07) is 21.8. The molecule has 0 amide bonds. The molecule has 3 aromatic carbocycles. The van der Waals surface area contributed by atoms with Gasteiger partial charge in [0.1, 0.15) is 0 Å². The number of anilines is 1. The normalized spacial score (nSPS) is 11.2. The van der Waals surface area contributed by atoms with E-state index in [1.807, 2.05) is 0 Å². The summed E-state index contributed by atoms with van der Waals surface area (Å²) in [7, 11) is 4.11. The van der Waals surface area contributed by atoms with Crippen LogP contribution in [-0.4, -0.2) is 14.1 Å². The minimum atomic E-state index is 1.22. The van der Waals surface area contributed by atoms with Crippen molar-refractivity contribution in [3.8, 4) is 0 Å². The molecular weight excluding hydrogens is 266 g/mol. The third-order valence-electron chi connectivity index (χ3n) is 3.90. The molecule has 0 atom stereocenters. The Hall–Kier alpha value is -2.54. The molecule has 0 spiro atoms. The third-order valence-corrected chi connectivity index (χ3v) is 3.90. The van der Waals surface area contributed by atoms with Crippen LogP contribution >= 0.6 is 0 Å². The minimum Gasteiger partial charge on any atom is -0.378 e. The van der Waals surface area contributed by atoms with Crippen LogP contribution in [0.4, 0.5) is 5.69 Å². The molecule has 110 valence electrons. The lowest BCUT2D eigenvalue weighted by Crippen LogP contribution is -2.07. The lowest BCUT2D eigenvalue weighted by atomic mass is 10.0. The third kappa shape index (κ3) is 3.20. The van der Waals surface area contributed by atoms with Gasteiger partial charge in [-0.3, -0.25) is 0 Å². The molecule has 0 unspecified atom stereocenters. The summed E-state index contributed by atoms with van der Waals surface area (Å²) in [4.78, 5) is 2.11. The monoisotopic (exact) mass is 287 g/mol. The van der Waals surface area contributed by atoms with Crippen LogP contribution in [0.3, 0.4) is 0 Å². The second-order valence-electron chi connectivity index (χ2n) is 5.93. The fraction of sp³-hybridized carbons (Fsp3) is 0.143. The number of rotatable bonds is 3. The van der Waals surface area contributed by atoms with Crippen molar-refractivity contribution in [1.82, 2.24) is 0 Å². The summed E-state index contributed by atoms with van der Waals surface area (Å²) in [6.07, 6.45) is 4.34. The standard InChI is InChI=1S/C21H21N/c1-16-4-10-19-11-7-18(15-20(19)14-16)6-5-17-8-12-21(13-9-17)22(2)3/h4-15H,1-3H3. The zero-order chi connectivity index (χ0) is 15.5. The predicted molar refractivity (Wildman–Crippen MR) is 98.4 cm³/mol. The molecule has 0 saturated heterocycles. The van der Waals surface area contributed by atoms with Crippen molar-refractivity contribution in [2.75, 3.05) is 19.0 Å². The van der Waals surface area contributed by atoms with E-state index in [1.165, 1.54) is 33.2 Å². The largest absolute Gasteiger partial charge is 0.378 e. The average Bonchev–Trinajstić information content (AvgIpc) is 2.53. The maximum absolute atomic E-state index is 2.24. The molecule has 1 heteroatoms. The van der Waals surface area contributed by atoms with E-state index in [9.17, 15) is 0 Å². The molecule has 0 saturated carbocycles. The van der Waals surface area contributed by atoms with Gasteiger partial charge in [0.05, 0.1) is 0 Å². The Bertz CT molecular complexity index is 811. The van der Waals surface area contributed by atoms with E-state index in [4.69, 9.17) is 0 Å². The summed E-state index contributed by atoms with van der Waals surface area (Å²) in [5.74, 6) is 0. The Kier molecular flexibility index (Phi) is 3.97. The van der Waals surface area contributed by atoms with Gasteiger partial charge in [0.25, 0.3) is 0 Å². The second kappa shape index (κ2) is 6.07. The molecule has 0 bridgehead atoms. The van der Waals surface area contributed by atoms with Crippen LogP contribution in [0, 0.1) is 6.92 Å². The highest BCUT2D eigenvalue weighted by atomic mass is 15.1. The highest BCUT2D eigenvalue weighted by Gasteiger charge is 1.96. The quantitative estimate of drug-likeness (QED) is 0.584. The van der Waals surface area contributed by atoms with Gasteiger partial charge in [0.2, 0.25) is 0 Å². The Morgan fingerprint density at radius 1 is 0.682 bits per heavy atom. The number of nitrogens with zero attached hydrogens (tertiary/aromatic N) is 1. The van der Waals surface area contributed by atoms with Crippen molar-refractivity contribution < 1.29 is 0 Å². The van der Waals surface area contributed by atoms with E-state index in [2.05, 4.69) is 98.7 Å². The van der Waals surface area contributed by atoms with Gasteiger partial charge in [-0.2, -0.15) is 0 Å². The van der Waals surface area contributed by atoms with Gasteiger partial charge in [-0.15, -0.1) is 0 Å². The van der Waals surface area contributed by atoms with Gasteiger partial charge in [0.15, 0.2) is 0 Å². The molecule has 0 fully saturated rings. The van der Waals surface area contributed by atoms with Crippen LogP contribution in [0.15, 0.2) is 60.7 Å². The number of aryl methyl sites for hydroxylation is 1. The van der Waals surface area contributed by atoms with Gasteiger partial charge >= 0.3 is 0 Å². The zero-order valence-electron chi connectivity index (χ0n) is 13.4. The molecule has 0 aromatic heterocycles. The number of hydrogen-bond donors (Lipinski definition) is 0. The predicted octanol–water partition coefficient (Wildman–Crippen LogP) is 5.38. The van der Waals surface area contributed by atoms with Crippen molar-refractivity contribution in [1.29, 1.82) is 0 Å². The van der Waals surface area contributed by atoms with Crippen molar-refractivity contribution in [3.63, 3.8) is 0 Å². The van der Waals surface area contributed by atoms with Crippen molar-refractivity contribution in [2.24, 2.45) is 0 Å². The van der Waals surface area contributed by atoms with Crippen LogP contribution < -0.4 is 4.90 Å². The number of benzene rings is 3. The zero-order valence-corrected chi connectivity index (χ0v) is 13.4. The van der Waals surface area contributed by atoms with E-state index in [0.717, 1.165) is 0 Å². The first-order valence-electron chi connectivity index (χ1n) is 7.58. The van der Waals surface area contributed by atoms with Gasteiger partial charge in [-0.1, -0.05) is 60.2 Å².